The van der Waals surface area contributed by atoms with Gasteiger partial charge in [-0.3, -0.25) is 4.57 Å². The zero-order chi connectivity index (χ0) is 14.4. The SMILES string of the molecule is N#Cc1ccc2ncn(-c3ncc4[nH]c(N)nc4n3)c2c1. The van der Waals surface area contributed by atoms with E-state index in [-0.39, 0.29) is 0 Å². The second-order valence-electron chi connectivity index (χ2n) is 4.46. The molecule has 0 amide bonds. The van der Waals surface area contributed by atoms with Crippen LogP contribution in [0.3, 0.4) is 0 Å². The van der Waals surface area contributed by atoms with Gasteiger partial charge in [-0.15, -0.1) is 0 Å². The molecule has 21 heavy (non-hydrogen) atoms. The number of aromatic amines is 1. The average molecular weight is 276 g/mol. The van der Waals surface area contributed by atoms with Gasteiger partial charge in [0.2, 0.25) is 5.95 Å². The second-order valence-corrected chi connectivity index (χ2v) is 4.46. The lowest BCUT2D eigenvalue weighted by molar-refractivity contribution is 0.961. The number of rotatable bonds is 1. The molecule has 0 saturated carbocycles. The summed E-state index contributed by atoms with van der Waals surface area (Å²) in [5.41, 5.74) is 8.82. The van der Waals surface area contributed by atoms with Crippen molar-refractivity contribution in [2.24, 2.45) is 0 Å². The Morgan fingerprint density at radius 1 is 1.24 bits per heavy atom. The van der Waals surface area contributed by atoms with Crippen LogP contribution < -0.4 is 5.73 Å². The van der Waals surface area contributed by atoms with Gasteiger partial charge in [-0.25, -0.2) is 9.97 Å². The first-order valence-electron chi connectivity index (χ1n) is 6.10. The molecule has 0 radical (unpaired) electrons. The maximum Gasteiger partial charge on any atom is 0.237 e. The molecule has 0 atom stereocenters. The van der Waals surface area contributed by atoms with E-state index in [9.17, 15) is 0 Å². The van der Waals surface area contributed by atoms with Crippen molar-refractivity contribution in [3.63, 3.8) is 0 Å². The lowest BCUT2D eigenvalue weighted by atomic mass is 10.2. The summed E-state index contributed by atoms with van der Waals surface area (Å²) in [4.78, 5) is 19.8. The van der Waals surface area contributed by atoms with Crippen molar-refractivity contribution in [1.82, 2.24) is 29.5 Å². The van der Waals surface area contributed by atoms with E-state index in [4.69, 9.17) is 11.0 Å². The maximum absolute atomic E-state index is 9.00. The second kappa shape index (κ2) is 4.01. The molecule has 0 spiro atoms. The third-order valence-corrected chi connectivity index (χ3v) is 3.14. The number of H-pyrrole nitrogens is 1. The number of nitrogens with zero attached hydrogens (tertiary/aromatic N) is 6. The summed E-state index contributed by atoms with van der Waals surface area (Å²) < 4.78 is 1.71. The van der Waals surface area contributed by atoms with Crippen LogP contribution >= 0.6 is 0 Å². The molecule has 8 heteroatoms. The summed E-state index contributed by atoms with van der Waals surface area (Å²) >= 11 is 0. The zero-order valence-corrected chi connectivity index (χ0v) is 10.6. The topological polar surface area (TPSA) is 122 Å². The summed E-state index contributed by atoms with van der Waals surface area (Å²) in [5.74, 6) is 0.713. The van der Waals surface area contributed by atoms with Crippen molar-refractivity contribution < 1.29 is 0 Å². The third-order valence-electron chi connectivity index (χ3n) is 3.14. The molecule has 100 valence electrons. The highest BCUT2D eigenvalue weighted by Crippen LogP contribution is 2.18. The van der Waals surface area contributed by atoms with Crippen LogP contribution in [0.25, 0.3) is 28.1 Å². The van der Waals surface area contributed by atoms with Gasteiger partial charge in [0.1, 0.15) is 11.8 Å². The first-order chi connectivity index (χ1) is 10.2. The van der Waals surface area contributed by atoms with Crippen molar-refractivity contribution in [2.75, 3.05) is 5.73 Å². The Labute approximate surface area is 117 Å². The number of nitrogens with two attached hydrogens (primary N) is 1. The molecule has 1 aromatic carbocycles. The lowest BCUT2D eigenvalue weighted by Crippen LogP contribution is -1.99. The van der Waals surface area contributed by atoms with Crippen LogP contribution in [0.15, 0.2) is 30.7 Å². The van der Waals surface area contributed by atoms with Crippen LogP contribution in [0.1, 0.15) is 5.56 Å². The molecule has 4 aromatic rings. The van der Waals surface area contributed by atoms with E-state index in [0.717, 1.165) is 11.0 Å². The van der Waals surface area contributed by atoms with E-state index in [1.54, 1.807) is 35.3 Å². The minimum Gasteiger partial charge on any atom is -0.369 e. The molecule has 4 rings (SSSR count). The minimum absolute atomic E-state index is 0.290. The van der Waals surface area contributed by atoms with E-state index < -0.39 is 0 Å². The molecule has 0 unspecified atom stereocenters. The quantitative estimate of drug-likeness (QED) is 0.537. The van der Waals surface area contributed by atoms with Gasteiger partial charge in [-0.2, -0.15) is 15.2 Å². The average Bonchev–Trinajstić information content (AvgIpc) is 3.07. The van der Waals surface area contributed by atoms with Gasteiger partial charge in [0.25, 0.3) is 0 Å². The molecule has 3 N–H and O–H groups in total. The van der Waals surface area contributed by atoms with E-state index in [2.05, 4.69) is 31.0 Å². The Balaban J connectivity index is 1.96. The summed E-state index contributed by atoms with van der Waals surface area (Å²) in [7, 11) is 0. The number of nitriles is 1. The van der Waals surface area contributed by atoms with E-state index in [0.29, 0.717) is 28.6 Å². The monoisotopic (exact) mass is 276 g/mol. The van der Waals surface area contributed by atoms with Gasteiger partial charge in [0, 0.05) is 0 Å². The number of anilines is 1. The molecule has 3 heterocycles. The van der Waals surface area contributed by atoms with Crippen LogP contribution in [0.5, 0.6) is 0 Å². The molecular formula is C13H8N8. The van der Waals surface area contributed by atoms with Crippen LogP contribution in [-0.2, 0) is 0 Å². The van der Waals surface area contributed by atoms with Crippen molar-refractivity contribution in [3.05, 3.63) is 36.3 Å². The molecule has 0 fully saturated rings. The molecule has 8 nitrogen and oxygen atoms in total. The van der Waals surface area contributed by atoms with Crippen LogP contribution in [-0.4, -0.2) is 29.5 Å². The normalized spacial score (nSPS) is 11.0. The highest BCUT2D eigenvalue weighted by molar-refractivity contribution is 5.79. The van der Waals surface area contributed by atoms with E-state index in [1.165, 1.54) is 0 Å². The third kappa shape index (κ3) is 1.68. The standard InChI is InChI=1S/C13H8N8/c14-4-7-1-2-8-10(3-7)21(6-17-8)13-16-5-9-11(20-13)19-12(15)18-9/h1-3,5-6H,(H3,15,16,18,19,20). The number of aromatic nitrogens is 6. The predicted molar refractivity (Wildman–Crippen MR) is 75.4 cm³/mol. The molecular weight excluding hydrogens is 268 g/mol. The molecule has 3 aromatic heterocycles. The summed E-state index contributed by atoms with van der Waals surface area (Å²) in [6.07, 6.45) is 3.23. The highest BCUT2D eigenvalue weighted by Gasteiger charge is 2.10. The number of fused-ring (bicyclic) bond motifs is 2. The molecule has 0 bridgehead atoms. The Kier molecular flexibility index (Phi) is 2.17. The van der Waals surface area contributed by atoms with Gasteiger partial charge >= 0.3 is 0 Å². The first kappa shape index (κ1) is 11.4. The van der Waals surface area contributed by atoms with Crippen LogP contribution in [0, 0.1) is 11.3 Å². The fourth-order valence-electron chi connectivity index (χ4n) is 2.17. The summed E-state index contributed by atoms with van der Waals surface area (Å²) in [6.45, 7) is 0. The first-order valence-corrected chi connectivity index (χ1v) is 6.10. The maximum atomic E-state index is 9.00. The van der Waals surface area contributed by atoms with Gasteiger partial charge < -0.3 is 10.7 Å². The predicted octanol–water partition coefficient (Wildman–Crippen LogP) is 1.15. The molecule has 0 aliphatic carbocycles. The Hall–Kier alpha value is -3.47. The van der Waals surface area contributed by atoms with Gasteiger partial charge in [0.15, 0.2) is 11.6 Å². The molecule has 0 aliphatic heterocycles. The number of nitrogen functional groups attached to an aromatic ring is 1. The zero-order valence-electron chi connectivity index (χ0n) is 10.6. The van der Waals surface area contributed by atoms with Gasteiger partial charge in [-0.1, -0.05) is 0 Å². The number of hydrogen-bond donors (Lipinski definition) is 2. The number of imidazole rings is 2. The molecule has 0 saturated heterocycles. The summed E-state index contributed by atoms with van der Waals surface area (Å²) in [6, 6.07) is 7.36. The lowest BCUT2D eigenvalue weighted by Gasteiger charge is -2.01. The van der Waals surface area contributed by atoms with Crippen LogP contribution in [0.4, 0.5) is 5.95 Å². The minimum atomic E-state index is 0.290. The number of benzene rings is 1. The number of nitrogens with one attached hydrogen (secondary N) is 1. The van der Waals surface area contributed by atoms with Gasteiger partial charge in [0.05, 0.1) is 28.9 Å². The smallest absolute Gasteiger partial charge is 0.237 e. The van der Waals surface area contributed by atoms with Crippen molar-refractivity contribution >= 4 is 28.1 Å². The summed E-state index contributed by atoms with van der Waals surface area (Å²) in [5, 5.41) is 9.00. The largest absolute Gasteiger partial charge is 0.369 e. The van der Waals surface area contributed by atoms with Crippen molar-refractivity contribution in [1.29, 1.82) is 5.26 Å². The van der Waals surface area contributed by atoms with Crippen molar-refractivity contribution in [3.8, 4) is 12.0 Å². The Bertz CT molecular complexity index is 1020. The number of hydrogen-bond acceptors (Lipinski definition) is 6. The fourth-order valence-corrected chi connectivity index (χ4v) is 2.17. The highest BCUT2D eigenvalue weighted by atomic mass is 15.2. The van der Waals surface area contributed by atoms with Gasteiger partial charge in [-0.05, 0) is 18.2 Å². The van der Waals surface area contributed by atoms with Crippen molar-refractivity contribution in [2.45, 2.75) is 0 Å². The Morgan fingerprint density at radius 3 is 3.00 bits per heavy atom. The van der Waals surface area contributed by atoms with E-state index >= 15 is 0 Å². The molecule has 0 aliphatic rings. The fraction of sp³-hybridized carbons (Fsp3) is 0. The Morgan fingerprint density at radius 2 is 2.14 bits per heavy atom. The van der Waals surface area contributed by atoms with E-state index in [1.807, 2.05) is 0 Å². The van der Waals surface area contributed by atoms with Crippen LogP contribution in [0.2, 0.25) is 0 Å².